The highest BCUT2D eigenvalue weighted by Gasteiger charge is 2.61. The number of hydrogen-bond acceptors (Lipinski definition) is 46. The van der Waals surface area contributed by atoms with Gasteiger partial charge in [-0.05, 0) is 0 Å². The minimum Gasteiger partial charge on any atom is -0.394 e. The molecule has 0 spiro atoms. The second kappa shape index (κ2) is 39.1. The molecular formula is C60H101N3O46. The molecule has 1 unspecified atom stereocenters. The molecule has 0 aromatic rings. The summed E-state index contributed by atoms with van der Waals surface area (Å²) in [5.41, 5.74) is 0. The van der Waals surface area contributed by atoms with Gasteiger partial charge in [0.05, 0.1) is 59.5 Å². The van der Waals surface area contributed by atoms with E-state index in [9.17, 15) is 147 Å². The predicted molar refractivity (Wildman–Crippen MR) is 332 cm³/mol. The van der Waals surface area contributed by atoms with Gasteiger partial charge in [-0.3, -0.25) is 14.4 Å². The lowest BCUT2D eigenvalue weighted by Gasteiger charge is -2.52. The number of aliphatic hydroxyl groups is 26. The largest absolute Gasteiger partial charge is 0.394 e. The average molecular weight is 1600 g/mol. The van der Waals surface area contributed by atoms with E-state index in [1.165, 1.54) is 0 Å². The Morgan fingerprint density at radius 2 is 0.495 bits per heavy atom. The van der Waals surface area contributed by atoms with Gasteiger partial charge in [-0.2, -0.15) is 0 Å². The Morgan fingerprint density at radius 1 is 0.239 bits per heavy atom. The minimum absolute atomic E-state index is 0.900. The first-order valence-electron chi connectivity index (χ1n) is 34.6. The van der Waals surface area contributed by atoms with Crippen molar-refractivity contribution < 1.29 is 228 Å². The first kappa shape index (κ1) is 89.6. The molecule has 9 rings (SSSR count). The highest BCUT2D eigenvalue weighted by molar-refractivity contribution is 5.74. The summed E-state index contributed by atoms with van der Waals surface area (Å²) in [6.07, 6.45) is -86.4. The van der Waals surface area contributed by atoms with Crippen LogP contribution >= 0.6 is 0 Å². The maximum absolute atomic E-state index is 13.1. The van der Waals surface area contributed by atoms with Crippen molar-refractivity contribution in [2.75, 3.05) is 59.5 Å². The number of ether oxygens (including phenoxy) is 17. The van der Waals surface area contributed by atoms with Gasteiger partial charge in [0.25, 0.3) is 0 Å². The summed E-state index contributed by atoms with van der Waals surface area (Å²) in [6, 6.07) is -5.77. The number of carbonyl (C=O) groups is 3. The summed E-state index contributed by atoms with van der Waals surface area (Å²) in [5, 5.41) is 292. The molecule has 9 aliphatic rings. The van der Waals surface area contributed by atoms with Gasteiger partial charge in [0, 0.05) is 20.8 Å². The summed E-state index contributed by atoms with van der Waals surface area (Å²) < 4.78 is 99.7. The van der Waals surface area contributed by atoms with Gasteiger partial charge in [0.1, 0.15) is 220 Å². The van der Waals surface area contributed by atoms with Gasteiger partial charge < -0.3 is 229 Å². The van der Waals surface area contributed by atoms with Crippen LogP contribution in [0.1, 0.15) is 20.8 Å². The summed E-state index contributed by atoms with van der Waals surface area (Å²) in [4.78, 5) is 38.7. The fraction of sp³-hybridized carbons (Fsp3) is 0.950. The molecule has 0 bridgehead atoms. The first-order chi connectivity index (χ1) is 51.6. The fourth-order valence-electron chi connectivity index (χ4n) is 14.0. The predicted octanol–water partition coefficient (Wildman–Crippen LogP) is -20.2. The monoisotopic (exact) mass is 1600 g/mol. The maximum Gasteiger partial charge on any atom is 0.217 e. The van der Waals surface area contributed by atoms with Crippen LogP contribution < -0.4 is 16.0 Å². The number of amides is 3. The van der Waals surface area contributed by atoms with Crippen molar-refractivity contribution in [2.24, 2.45) is 0 Å². The van der Waals surface area contributed by atoms with E-state index in [-0.39, 0.29) is 0 Å². The van der Waals surface area contributed by atoms with Crippen molar-refractivity contribution in [1.29, 1.82) is 0 Å². The molecule has 9 aliphatic heterocycles. The highest BCUT2D eigenvalue weighted by atomic mass is 16.8. The van der Waals surface area contributed by atoms with E-state index in [1.807, 2.05) is 0 Å². The molecule has 0 radical (unpaired) electrons. The lowest BCUT2D eigenvalue weighted by atomic mass is 9.93. The van der Waals surface area contributed by atoms with E-state index >= 15 is 0 Å². The van der Waals surface area contributed by atoms with Crippen molar-refractivity contribution in [3.63, 3.8) is 0 Å². The SMILES string of the molecule is CC(=O)N[C@H]1[C@H](O[C@@H]2[C@@H](O[C@H]3[C@H](O)[C@@H](CO[C@H]4O[C@H](CO)[C@@H](O)[C@H](O)[C@@H]4O[C@@H]4O[C@H](CO)[C@@H](O[C@@H]5O[C@H](CO)[C@H](O)[C@H](O)[C@H]5O)[C@H](O)[C@H]4NC(C)=O)OC(O)[C@H]3O)O[C@H](CO)[C@@H](O[C@@H]3O[C@H](CO)[C@@H](O[C@@H]4O[C@H](CO)[C@H](O)[C@H](O)[C@H]4O)[C@H](O)[C@H]3NC(C)=O)[C@@H]2O)O[C@H](CO)[C@@H](O[C@@H]2O[C@H](CO)[C@H](O)[C@H](O)[C@H]2O)[C@@H]1O. The van der Waals surface area contributed by atoms with Gasteiger partial charge in [-0.1, -0.05) is 0 Å². The molecule has 49 nitrogen and oxygen atoms in total. The Balaban J connectivity index is 1.01. The van der Waals surface area contributed by atoms with E-state index in [4.69, 9.17) is 80.5 Å². The molecule has 9 heterocycles. The molecule has 632 valence electrons. The van der Waals surface area contributed by atoms with Crippen LogP contribution in [0.4, 0.5) is 0 Å². The summed E-state index contributed by atoms with van der Waals surface area (Å²) >= 11 is 0. The Labute approximate surface area is 616 Å². The summed E-state index contributed by atoms with van der Waals surface area (Å²) in [7, 11) is 0. The Hall–Kier alpha value is -3.31. The van der Waals surface area contributed by atoms with Gasteiger partial charge in [-0.25, -0.2) is 0 Å². The Morgan fingerprint density at radius 3 is 0.817 bits per heavy atom. The van der Waals surface area contributed by atoms with E-state index < -0.39 is 353 Å². The molecule has 0 aromatic heterocycles. The average Bonchev–Trinajstić information content (AvgIpc) is 0.766. The second-order valence-corrected chi connectivity index (χ2v) is 27.4. The zero-order valence-electron chi connectivity index (χ0n) is 58.1. The van der Waals surface area contributed by atoms with E-state index in [0.717, 1.165) is 20.8 Å². The van der Waals surface area contributed by atoms with Gasteiger partial charge in [-0.15, -0.1) is 0 Å². The molecule has 49 heteroatoms. The van der Waals surface area contributed by atoms with E-state index in [2.05, 4.69) is 16.0 Å². The summed E-state index contributed by atoms with van der Waals surface area (Å²) in [5.74, 6) is -2.83. The zero-order chi connectivity index (χ0) is 80.2. The number of rotatable bonds is 28. The smallest absolute Gasteiger partial charge is 0.217 e. The van der Waals surface area contributed by atoms with Crippen LogP contribution in [-0.4, -0.2) is 486 Å². The minimum atomic E-state index is -2.51. The maximum atomic E-state index is 13.1. The van der Waals surface area contributed by atoms with Crippen molar-refractivity contribution in [2.45, 2.75) is 297 Å². The third kappa shape index (κ3) is 19.5. The lowest BCUT2D eigenvalue weighted by molar-refractivity contribution is -0.401. The van der Waals surface area contributed by atoms with Crippen LogP contribution in [0.15, 0.2) is 0 Å². The van der Waals surface area contributed by atoms with Crippen molar-refractivity contribution in [3.8, 4) is 0 Å². The second-order valence-electron chi connectivity index (χ2n) is 27.4. The van der Waals surface area contributed by atoms with Crippen LogP contribution in [0.2, 0.25) is 0 Å². The lowest BCUT2D eigenvalue weighted by Crippen LogP contribution is -2.71. The van der Waals surface area contributed by atoms with Crippen molar-refractivity contribution >= 4 is 17.7 Å². The molecule has 9 fully saturated rings. The quantitative estimate of drug-likeness (QED) is 0.0346. The number of nitrogens with one attached hydrogen (secondary N) is 3. The number of hydrogen-bond donors (Lipinski definition) is 29. The molecular weight excluding hydrogens is 1500 g/mol. The number of carbonyl (C=O) groups excluding carboxylic acids is 3. The van der Waals surface area contributed by atoms with Gasteiger partial charge >= 0.3 is 0 Å². The van der Waals surface area contributed by atoms with Gasteiger partial charge in [0.2, 0.25) is 17.7 Å². The molecule has 9 saturated heterocycles. The van der Waals surface area contributed by atoms with Crippen LogP contribution in [0.5, 0.6) is 0 Å². The Kier molecular flexibility index (Phi) is 32.1. The number of aliphatic hydroxyl groups excluding tert-OH is 26. The molecule has 0 saturated carbocycles. The molecule has 109 heavy (non-hydrogen) atoms. The fourth-order valence-corrected chi connectivity index (χ4v) is 14.0. The van der Waals surface area contributed by atoms with Gasteiger partial charge in [0.15, 0.2) is 56.6 Å². The van der Waals surface area contributed by atoms with E-state index in [0.29, 0.717) is 0 Å². The van der Waals surface area contributed by atoms with Crippen molar-refractivity contribution in [1.82, 2.24) is 16.0 Å². The van der Waals surface area contributed by atoms with Crippen molar-refractivity contribution in [3.05, 3.63) is 0 Å². The van der Waals surface area contributed by atoms with Crippen LogP contribution in [0.25, 0.3) is 0 Å². The normalized spacial score (nSPS) is 50.0. The summed E-state index contributed by atoms with van der Waals surface area (Å²) in [6.45, 7) is -6.83. The molecule has 45 atom stereocenters. The third-order valence-electron chi connectivity index (χ3n) is 20.0. The molecule has 29 N–H and O–H groups in total. The highest BCUT2D eigenvalue weighted by Crippen LogP contribution is 2.40. The zero-order valence-corrected chi connectivity index (χ0v) is 58.1. The van der Waals surface area contributed by atoms with Crippen LogP contribution in [-0.2, 0) is 94.9 Å². The topological polar surface area (TPSA) is 770 Å². The molecule has 0 aromatic carbocycles. The van der Waals surface area contributed by atoms with Crippen LogP contribution in [0.3, 0.4) is 0 Å². The van der Waals surface area contributed by atoms with Crippen LogP contribution in [0, 0.1) is 0 Å². The third-order valence-corrected chi connectivity index (χ3v) is 20.0. The van der Waals surface area contributed by atoms with E-state index in [1.54, 1.807) is 0 Å². The molecule has 0 aliphatic carbocycles. The molecule has 3 amide bonds. The Bertz CT molecular complexity index is 2840. The first-order valence-corrected chi connectivity index (χ1v) is 34.6. The standard InChI is InChI=1S/C60H101N3O46/c1-13(72)61-25-33(80)45(104-56-40(87)36(83)28(75)16(4-64)95-56)20(8-68)99-53(25)103-48-23(11-71)102-60(51(43(48)90)109-55-27(63-15(3)74)35(82)47(22(10-70)101-55)106-58-42(89)38(85)30(77)18(6-66)97-58)107-49-32(79)24(94-52(92)44(49)91)12-93-59-50(39(86)31(78)19(7-67)98-59)108-54-26(62-14(2)73)34(81)46(21(9-69)100-54)105-57-41(88)37(84)29(76)17(5-65)96-57/h16-60,64-71,75-92H,4-12H2,1-3H3,(H,61,72)(H,62,73)(H,63,74)/t16-,17-,18-,19-,20-,21-,22-,23-,24-,25-,26-,27-,28+,29+,30+,31-,32-,33-,34-,35-,36+,37+,38+,39+,40-,41-,42-,43+,44+,45-,46-,47-,48-,49+,50+,51+,52?,53+,54+,55+,56+,57+,58+,59+,60-/m1/s1.